The predicted molar refractivity (Wildman–Crippen MR) is 123 cm³/mol. The van der Waals surface area contributed by atoms with Crippen LogP contribution < -0.4 is 4.74 Å². The van der Waals surface area contributed by atoms with Crippen LogP contribution in [0.5, 0.6) is 11.5 Å². The Balaban J connectivity index is 1.43. The van der Waals surface area contributed by atoms with Crippen LogP contribution in [0.4, 0.5) is 5.69 Å². The van der Waals surface area contributed by atoms with Crippen LogP contribution in [0.25, 0.3) is 0 Å². The maximum Gasteiger partial charge on any atom is 0.226 e. The van der Waals surface area contributed by atoms with Crippen molar-refractivity contribution in [3.63, 3.8) is 0 Å². The highest BCUT2D eigenvalue weighted by Gasteiger charge is 2.34. The van der Waals surface area contributed by atoms with Crippen LogP contribution in [-0.4, -0.2) is 47.2 Å². The van der Waals surface area contributed by atoms with Crippen LogP contribution >= 0.6 is 0 Å². The molecule has 0 spiro atoms. The first-order chi connectivity index (χ1) is 15.1. The first kappa shape index (κ1) is 20.1. The summed E-state index contributed by atoms with van der Waals surface area (Å²) in [5.74, 6) is 3.14. The summed E-state index contributed by atoms with van der Waals surface area (Å²) in [6.45, 7) is 6.59. The van der Waals surface area contributed by atoms with E-state index in [9.17, 15) is 4.79 Å². The summed E-state index contributed by atoms with van der Waals surface area (Å²) in [6.07, 6.45) is 5.77. The Bertz CT molecular complexity index is 1010. The van der Waals surface area contributed by atoms with Crippen molar-refractivity contribution in [3.8, 4) is 11.5 Å². The van der Waals surface area contributed by atoms with Gasteiger partial charge in [-0.3, -0.25) is 4.79 Å². The fourth-order valence-corrected chi connectivity index (χ4v) is 5.14. The monoisotopic (exact) mass is 417 g/mol. The number of piperazine rings is 1. The summed E-state index contributed by atoms with van der Waals surface area (Å²) in [6, 6.07) is 14.4. The topological polar surface area (TPSA) is 45.1 Å². The van der Waals surface area contributed by atoms with E-state index in [1.165, 1.54) is 24.8 Å². The molecule has 2 aliphatic heterocycles. The molecule has 1 saturated heterocycles. The maximum atomic E-state index is 13.2. The first-order valence-electron chi connectivity index (χ1n) is 11.6. The zero-order valence-corrected chi connectivity index (χ0v) is 18.5. The molecule has 5 heteroatoms. The predicted octanol–water partition coefficient (Wildman–Crippen LogP) is 5.29. The number of aliphatic imine (C=N–C) groups is 1. The van der Waals surface area contributed by atoms with Gasteiger partial charge in [0.25, 0.3) is 0 Å². The van der Waals surface area contributed by atoms with Crippen molar-refractivity contribution in [1.82, 2.24) is 9.80 Å². The SMILES string of the molecule is Cc1ccc2c(c1)C(N1CCN(C(=O)C3CCCCC3)C(C)C1)=Nc1ccccc1O2. The summed E-state index contributed by atoms with van der Waals surface area (Å²) < 4.78 is 6.24. The van der Waals surface area contributed by atoms with E-state index in [2.05, 4.69) is 35.8 Å². The maximum absolute atomic E-state index is 13.2. The van der Waals surface area contributed by atoms with Gasteiger partial charge in [0.2, 0.25) is 5.91 Å². The zero-order valence-electron chi connectivity index (χ0n) is 18.5. The number of rotatable bonds is 1. The molecular weight excluding hydrogens is 386 g/mol. The van der Waals surface area contributed by atoms with Gasteiger partial charge in [0.15, 0.2) is 5.75 Å². The molecule has 31 heavy (non-hydrogen) atoms. The Morgan fingerprint density at radius 3 is 2.65 bits per heavy atom. The zero-order chi connectivity index (χ0) is 21.4. The molecule has 0 aromatic heterocycles. The average molecular weight is 418 g/mol. The summed E-state index contributed by atoms with van der Waals surface area (Å²) in [7, 11) is 0. The van der Waals surface area contributed by atoms with Crippen molar-refractivity contribution >= 4 is 17.4 Å². The van der Waals surface area contributed by atoms with Crippen LogP contribution in [-0.2, 0) is 4.79 Å². The number of amidine groups is 1. The van der Waals surface area contributed by atoms with Crippen LogP contribution in [0.1, 0.15) is 50.2 Å². The molecule has 3 aliphatic rings. The van der Waals surface area contributed by atoms with Gasteiger partial charge >= 0.3 is 0 Å². The average Bonchev–Trinajstić information content (AvgIpc) is 2.96. The molecule has 1 saturated carbocycles. The molecule has 0 radical (unpaired) electrons. The van der Waals surface area contributed by atoms with E-state index in [0.717, 1.165) is 61.1 Å². The van der Waals surface area contributed by atoms with Gasteiger partial charge in [-0.2, -0.15) is 0 Å². The van der Waals surface area contributed by atoms with Crippen LogP contribution in [0.3, 0.4) is 0 Å². The highest BCUT2D eigenvalue weighted by molar-refractivity contribution is 6.04. The van der Waals surface area contributed by atoms with Gasteiger partial charge in [0, 0.05) is 31.6 Å². The lowest BCUT2D eigenvalue weighted by atomic mass is 9.87. The minimum Gasteiger partial charge on any atom is -0.454 e. The number of para-hydroxylation sites is 2. The van der Waals surface area contributed by atoms with E-state index in [4.69, 9.17) is 9.73 Å². The quantitative estimate of drug-likeness (QED) is 0.633. The minimum atomic E-state index is 0.165. The molecule has 162 valence electrons. The second-order valence-electron chi connectivity index (χ2n) is 9.17. The molecule has 1 unspecified atom stereocenters. The number of carbonyl (C=O) groups is 1. The van der Waals surface area contributed by atoms with Crippen molar-refractivity contribution in [2.75, 3.05) is 19.6 Å². The Kier molecular flexibility index (Phi) is 5.43. The molecule has 2 aromatic rings. The Morgan fingerprint density at radius 1 is 1.03 bits per heavy atom. The molecule has 2 aromatic carbocycles. The van der Waals surface area contributed by atoms with Crippen molar-refractivity contribution in [2.24, 2.45) is 10.9 Å². The number of carbonyl (C=O) groups excluding carboxylic acids is 1. The van der Waals surface area contributed by atoms with E-state index in [0.29, 0.717) is 5.91 Å². The van der Waals surface area contributed by atoms with Gasteiger partial charge in [-0.25, -0.2) is 4.99 Å². The number of fused-ring (bicyclic) bond motifs is 2. The third kappa shape index (κ3) is 3.93. The third-order valence-electron chi connectivity index (χ3n) is 6.85. The van der Waals surface area contributed by atoms with Gasteiger partial charge in [-0.1, -0.05) is 43.0 Å². The summed E-state index contributed by atoms with van der Waals surface area (Å²) >= 11 is 0. The van der Waals surface area contributed by atoms with Crippen LogP contribution in [0.15, 0.2) is 47.5 Å². The molecule has 1 atom stereocenters. The molecule has 5 nitrogen and oxygen atoms in total. The molecule has 0 N–H and O–H groups in total. The molecule has 2 fully saturated rings. The second-order valence-corrected chi connectivity index (χ2v) is 9.17. The normalized spacial score (nSPS) is 21.5. The van der Waals surface area contributed by atoms with Crippen molar-refractivity contribution in [1.29, 1.82) is 0 Å². The minimum absolute atomic E-state index is 0.165. The molecule has 1 amide bonds. The molecule has 5 rings (SSSR count). The Labute approximate surface area is 184 Å². The number of hydrogen-bond acceptors (Lipinski definition) is 4. The van der Waals surface area contributed by atoms with Crippen molar-refractivity contribution in [3.05, 3.63) is 53.6 Å². The van der Waals surface area contributed by atoms with E-state index < -0.39 is 0 Å². The highest BCUT2D eigenvalue weighted by Crippen LogP contribution is 2.38. The fourth-order valence-electron chi connectivity index (χ4n) is 5.14. The Morgan fingerprint density at radius 2 is 1.84 bits per heavy atom. The summed E-state index contributed by atoms with van der Waals surface area (Å²) in [4.78, 5) is 22.7. The molecular formula is C26H31N3O2. The number of hydrogen-bond donors (Lipinski definition) is 0. The molecule has 1 aliphatic carbocycles. The summed E-state index contributed by atoms with van der Waals surface area (Å²) in [5, 5.41) is 0. The molecule has 2 heterocycles. The second kappa shape index (κ2) is 8.37. The van der Waals surface area contributed by atoms with E-state index in [1.807, 2.05) is 30.3 Å². The first-order valence-corrected chi connectivity index (χ1v) is 11.6. The third-order valence-corrected chi connectivity index (χ3v) is 6.85. The van der Waals surface area contributed by atoms with Crippen LogP contribution in [0.2, 0.25) is 0 Å². The number of aryl methyl sites for hydroxylation is 1. The lowest BCUT2D eigenvalue weighted by molar-refractivity contribution is -0.140. The number of benzene rings is 2. The lowest BCUT2D eigenvalue weighted by Gasteiger charge is -2.43. The number of nitrogens with zero attached hydrogens (tertiary/aromatic N) is 3. The molecule has 0 bridgehead atoms. The fraction of sp³-hybridized carbons (Fsp3) is 0.462. The van der Waals surface area contributed by atoms with E-state index in [-0.39, 0.29) is 12.0 Å². The van der Waals surface area contributed by atoms with Crippen molar-refractivity contribution < 1.29 is 9.53 Å². The largest absolute Gasteiger partial charge is 0.454 e. The smallest absolute Gasteiger partial charge is 0.226 e. The van der Waals surface area contributed by atoms with E-state index >= 15 is 0 Å². The summed E-state index contributed by atoms with van der Waals surface area (Å²) in [5.41, 5.74) is 3.05. The number of ether oxygens (including phenoxy) is 1. The van der Waals surface area contributed by atoms with Gasteiger partial charge < -0.3 is 14.5 Å². The van der Waals surface area contributed by atoms with E-state index in [1.54, 1.807) is 0 Å². The van der Waals surface area contributed by atoms with Gasteiger partial charge in [0.05, 0.1) is 5.56 Å². The highest BCUT2D eigenvalue weighted by atomic mass is 16.5. The van der Waals surface area contributed by atoms with Crippen LogP contribution in [0, 0.1) is 12.8 Å². The Hall–Kier alpha value is -2.82. The van der Waals surface area contributed by atoms with Gasteiger partial charge in [-0.15, -0.1) is 0 Å². The van der Waals surface area contributed by atoms with Gasteiger partial charge in [0.1, 0.15) is 17.3 Å². The van der Waals surface area contributed by atoms with Crippen molar-refractivity contribution in [2.45, 2.75) is 52.0 Å². The number of amides is 1. The van der Waals surface area contributed by atoms with Gasteiger partial charge in [-0.05, 0) is 51.0 Å². The lowest BCUT2D eigenvalue weighted by Crippen LogP contribution is -2.56. The standard InChI is InChI=1S/C26H31N3O2/c1-18-12-13-23-21(16-18)25(27-22-10-6-7-11-24(22)31-23)28-14-15-29(19(2)17-28)26(30)20-8-4-3-5-9-20/h6-7,10-13,16,19-20H,3-5,8-9,14-15,17H2,1-2H3.